The molecule has 0 aliphatic rings. The average Bonchev–Trinajstić information content (AvgIpc) is 2.95. The lowest BCUT2D eigenvalue weighted by atomic mass is 9.96. The first-order valence-electron chi connectivity index (χ1n) is 5.96. The largest absolute Gasteiger partial charge is 0.360 e. The van der Waals surface area contributed by atoms with Gasteiger partial charge in [-0.25, -0.2) is 4.98 Å². The maximum absolute atomic E-state index is 4.74. The molecule has 3 nitrogen and oxygen atoms in total. The van der Waals surface area contributed by atoms with E-state index in [4.69, 9.17) is 4.98 Å². The Hall–Kier alpha value is -1.13. The minimum Gasteiger partial charge on any atom is -0.360 e. The number of nitrogens with zero attached hydrogens (tertiary/aromatic N) is 1. The van der Waals surface area contributed by atoms with E-state index in [1.165, 1.54) is 5.01 Å². The highest BCUT2D eigenvalue weighted by molar-refractivity contribution is 7.10. The van der Waals surface area contributed by atoms with Gasteiger partial charge in [0.15, 0.2) is 0 Å². The summed E-state index contributed by atoms with van der Waals surface area (Å²) in [5.41, 5.74) is 2.15. The van der Waals surface area contributed by atoms with Crippen molar-refractivity contribution in [3.05, 3.63) is 28.7 Å². The second-order valence-electron chi connectivity index (χ2n) is 4.56. The molecule has 0 aliphatic heterocycles. The van der Waals surface area contributed by atoms with Crippen LogP contribution in [0.4, 0.5) is 0 Å². The Balaban J connectivity index is 2.22. The molecule has 0 fully saturated rings. The molecule has 92 valence electrons. The third kappa shape index (κ3) is 2.76. The first-order valence-corrected chi connectivity index (χ1v) is 6.84. The number of hydrogen-bond acceptors (Lipinski definition) is 3. The van der Waals surface area contributed by atoms with E-state index in [1.54, 1.807) is 11.3 Å². The maximum atomic E-state index is 4.74. The molecular formula is C13H19N3S. The van der Waals surface area contributed by atoms with E-state index >= 15 is 0 Å². The minimum absolute atomic E-state index is 0.494. The smallest absolute Gasteiger partial charge is 0.0979 e. The fourth-order valence-electron chi connectivity index (χ4n) is 1.90. The van der Waals surface area contributed by atoms with E-state index in [1.807, 2.05) is 19.3 Å². The van der Waals surface area contributed by atoms with E-state index < -0.39 is 0 Å². The maximum Gasteiger partial charge on any atom is 0.0979 e. The molecule has 0 bridgehead atoms. The molecule has 0 spiro atoms. The van der Waals surface area contributed by atoms with Crippen molar-refractivity contribution in [3.63, 3.8) is 0 Å². The zero-order valence-corrected chi connectivity index (χ0v) is 11.3. The Morgan fingerprint density at radius 3 is 2.88 bits per heavy atom. The summed E-state index contributed by atoms with van der Waals surface area (Å²) in [6, 6.07) is 4.06. The van der Waals surface area contributed by atoms with Gasteiger partial charge in [0.2, 0.25) is 0 Å². The van der Waals surface area contributed by atoms with Crippen molar-refractivity contribution in [1.82, 2.24) is 15.3 Å². The summed E-state index contributed by atoms with van der Waals surface area (Å²) < 4.78 is 0. The fraction of sp³-hybridized carbons (Fsp3) is 0.462. The molecule has 2 aromatic heterocycles. The number of H-pyrrole nitrogens is 1. The quantitative estimate of drug-likeness (QED) is 0.855. The molecule has 0 saturated carbocycles. The topological polar surface area (TPSA) is 40.7 Å². The van der Waals surface area contributed by atoms with Crippen LogP contribution in [0.5, 0.6) is 0 Å². The monoisotopic (exact) mass is 249 g/mol. The molecule has 2 rings (SSSR count). The molecule has 0 saturated heterocycles. The number of aromatic nitrogens is 2. The molecule has 0 aromatic carbocycles. The number of hydrogen-bond donors (Lipinski definition) is 2. The summed E-state index contributed by atoms with van der Waals surface area (Å²) in [6.07, 6.45) is 1.93. The molecule has 17 heavy (non-hydrogen) atoms. The van der Waals surface area contributed by atoms with Crippen LogP contribution in [0.25, 0.3) is 11.4 Å². The molecule has 2 N–H and O–H groups in total. The molecule has 2 heterocycles. The van der Waals surface area contributed by atoms with E-state index in [9.17, 15) is 0 Å². The highest BCUT2D eigenvalue weighted by atomic mass is 32.1. The van der Waals surface area contributed by atoms with Gasteiger partial charge in [0.1, 0.15) is 0 Å². The molecule has 0 amide bonds. The molecule has 4 heteroatoms. The van der Waals surface area contributed by atoms with Crippen molar-refractivity contribution in [2.24, 2.45) is 5.92 Å². The van der Waals surface area contributed by atoms with Crippen LogP contribution in [0, 0.1) is 5.92 Å². The SMILES string of the molecule is CNCC(c1nc(-c2ccc[nH]2)cs1)C(C)C. The lowest BCUT2D eigenvalue weighted by molar-refractivity contribution is 0.477. The predicted molar refractivity (Wildman–Crippen MR) is 73.4 cm³/mol. The summed E-state index contributed by atoms with van der Waals surface area (Å²) in [6.45, 7) is 5.48. The summed E-state index contributed by atoms with van der Waals surface area (Å²) in [5, 5.41) is 6.60. The van der Waals surface area contributed by atoms with Gasteiger partial charge in [-0.15, -0.1) is 11.3 Å². The van der Waals surface area contributed by atoms with Crippen molar-refractivity contribution >= 4 is 11.3 Å². The van der Waals surface area contributed by atoms with Gasteiger partial charge in [-0.2, -0.15) is 0 Å². The van der Waals surface area contributed by atoms with Gasteiger partial charge in [-0.3, -0.25) is 0 Å². The number of likely N-dealkylation sites (N-methyl/N-ethyl adjacent to an activating group) is 1. The summed E-state index contributed by atoms with van der Waals surface area (Å²) in [7, 11) is 1.99. The summed E-state index contributed by atoms with van der Waals surface area (Å²) in [4.78, 5) is 7.94. The third-order valence-electron chi connectivity index (χ3n) is 2.94. The van der Waals surface area contributed by atoms with Crippen molar-refractivity contribution in [2.45, 2.75) is 19.8 Å². The Morgan fingerprint density at radius 2 is 2.29 bits per heavy atom. The standard InChI is InChI=1S/C13H19N3S/c1-9(2)10(7-14-3)13-16-12(8-17-13)11-5-4-6-15-11/h4-6,8-10,14-15H,7H2,1-3H3. The fourth-order valence-corrected chi connectivity index (χ4v) is 2.99. The Labute approximate surface area is 106 Å². The molecular weight excluding hydrogens is 230 g/mol. The van der Waals surface area contributed by atoms with Crippen LogP contribution in [0.3, 0.4) is 0 Å². The molecule has 1 unspecified atom stereocenters. The first kappa shape index (κ1) is 12.3. The van der Waals surface area contributed by atoms with Crippen molar-refractivity contribution in [3.8, 4) is 11.4 Å². The highest BCUT2D eigenvalue weighted by Gasteiger charge is 2.19. The van der Waals surface area contributed by atoms with Crippen LogP contribution in [0.1, 0.15) is 24.8 Å². The number of nitrogens with one attached hydrogen (secondary N) is 2. The molecule has 1 atom stereocenters. The van der Waals surface area contributed by atoms with Gasteiger partial charge in [0.05, 0.1) is 16.4 Å². The molecule has 0 aliphatic carbocycles. The van der Waals surface area contributed by atoms with Gasteiger partial charge in [-0.1, -0.05) is 13.8 Å². The predicted octanol–water partition coefficient (Wildman–Crippen LogP) is 3.10. The molecule has 0 radical (unpaired) electrons. The number of rotatable bonds is 5. The lowest BCUT2D eigenvalue weighted by Crippen LogP contribution is -2.21. The van der Waals surface area contributed by atoms with Gasteiger partial charge in [0.25, 0.3) is 0 Å². The number of thiazole rings is 1. The zero-order chi connectivity index (χ0) is 12.3. The Bertz CT molecular complexity index is 445. The van der Waals surface area contributed by atoms with Gasteiger partial charge >= 0.3 is 0 Å². The van der Waals surface area contributed by atoms with Crippen LogP contribution in [0.15, 0.2) is 23.7 Å². The average molecular weight is 249 g/mol. The van der Waals surface area contributed by atoms with Crippen molar-refractivity contribution in [2.75, 3.05) is 13.6 Å². The highest BCUT2D eigenvalue weighted by Crippen LogP contribution is 2.29. The Kier molecular flexibility index (Phi) is 3.97. The van der Waals surface area contributed by atoms with E-state index in [-0.39, 0.29) is 0 Å². The Morgan fingerprint density at radius 1 is 1.47 bits per heavy atom. The van der Waals surface area contributed by atoms with E-state index in [2.05, 4.69) is 35.6 Å². The zero-order valence-electron chi connectivity index (χ0n) is 10.5. The van der Waals surface area contributed by atoms with Crippen molar-refractivity contribution in [1.29, 1.82) is 0 Å². The normalized spacial score (nSPS) is 13.2. The van der Waals surface area contributed by atoms with Crippen LogP contribution in [-0.2, 0) is 0 Å². The van der Waals surface area contributed by atoms with Gasteiger partial charge < -0.3 is 10.3 Å². The van der Waals surface area contributed by atoms with Gasteiger partial charge in [0, 0.05) is 24.0 Å². The second-order valence-corrected chi connectivity index (χ2v) is 5.45. The van der Waals surface area contributed by atoms with Crippen LogP contribution >= 0.6 is 11.3 Å². The summed E-state index contributed by atoms with van der Waals surface area (Å²) in [5.74, 6) is 1.10. The van der Waals surface area contributed by atoms with E-state index in [0.717, 1.165) is 17.9 Å². The van der Waals surface area contributed by atoms with Crippen LogP contribution < -0.4 is 5.32 Å². The van der Waals surface area contributed by atoms with Crippen LogP contribution in [-0.4, -0.2) is 23.6 Å². The third-order valence-corrected chi connectivity index (χ3v) is 3.92. The van der Waals surface area contributed by atoms with Gasteiger partial charge in [-0.05, 0) is 25.1 Å². The second kappa shape index (κ2) is 5.47. The molecule has 2 aromatic rings. The first-order chi connectivity index (χ1) is 8.22. The number of aromatic amines is 1. The summed E-state index contributed by atoms with van der Waals surface area (Å²) >= 11 is 1.75. The van der Waals surface area contributed by atoms with E-state index in [0.29, 0.717) is 11.8 Å². The lowest BCUT2D eigenvalue weighted by Gasteiger charge is -2.17. The van der Waals surface area contributed by atoms with Crippen molar-refractivity contribution < 1.29 is 0 Å². The van der Waals surface area contributed by atoms with Crippen LogP contribution in [0.2, 0.25) is 0 Å². The minimum atomic E-state index is 0.494.